The lowest BCUT2D eigenvalue weighted by Crippen LogP contribution is -2.47. The van der Waals surface area contributed by atoms with Crippen LogP contribution in [0.1, 0.15) is 142 Å². The van der Waals surface area contributed by atoms with E-state index in [1.165, 1.54) is 0 Å². The van der Waals surface area contributed by atoms with E-state index in [9.17, 15) is 27.7 Å². The Bertz CT molecular complexity index is 630. The summed E-state index contributed by atoms with van der Waals surface area (Å²) in [6.07, 6.45) is 14.6. The molecule has 0 aliphatic rings. The molecule has 0 saturated carbocycles. The Labute approximate surface area is 207 Å². The predicted octanol–water partition coefficient (Wildman–Crippen LogP) is 7.24. The number of aliphatic carboxylic acids is 2. The van der Waals surface area contributed by atoms with E-state index in [1.54, 1.807) is 0 Å². The molecular weight excluding hydrogens is 456 g/mol. The van der Waals surface area contributed by atoms with Gasteiger partial charge in [-0.15, -0.1) is 0 Å². The number of hydrogen-bond acceptors (Lipinski definition) is 4. The molecule has 0 fully saturated rings. The minimum absolute atomic E-state index is 0.0663. The van der Waals surface area contributed by atoms with Crippen molar-refractivity contribution < 1.29 is 32.8 Å². The van der Waals surface area contributed by atoms with Crippen LogP contribution >= 0.6 is 0 Å². The van der Waals surface area contributed by atoms with Crippen LogP contribution in [0, 0.1) is 5.41 Å². The molecular formula is C26H50O7S. The third-order valence-electron chi connectivity index (χ3n) is 6.96. The van der Waals surface area contributed by atoms with E-state index in [-0.39, 0.29) is 25.7 Å². The van der Waals surface area contributed by atoms with Crippen molar-refractivity contribution in [3.63, 3.8) is 0 Å². The molecule has 0 rings (SSSR count). The van der Waals surface area contributed by atoms with Gasteiger partial charge >= 0.3 is 11.9 Å². The van der Waals surface area contributed by atoms with Gasteiger partial charge in [0.1, 0.15) is 5.25 Å². The quantitative estimate of drug-likeness (QED) is 0.0929. The maximum atomic E-state index is 12.6. The van der Waals surface area contributed by atoms with Crippen molar-refractivity contribution in [2.75, 3.05) is 0 Å². The Kier molecular flexibility index (Phi) is 18.4. The second-order valence-corrected chi connectivity index (χ2v) is 11.4. The highest BCUT2D eigenvalue weighted by molar-refractivity contribution is 7.86. The van der Waals surface area contributed by atoms with Gasteiger partial charge in [0, 0.05) is 6.42 Å². The minimum Gasteiger partial charge on any atom is -0.481 e. The first-order chi connectivity index (χ1) is 16.1. The molecule has 0 bridgehead atoms. The zero-order valence-corrected chi connectivity index (χ0v) is 22.4. The van der Waals surface area contributed by atoms with E-state index in [0.29, 0.717) is 38.5 Å². The van der Waals surface area contributed by atoms with E-state index in [4.69, 9.17) is 5.11 Å². The first-order valence-corrected chi connectivity index (χ1v) is 15.0. The summed E-state index contributed by atoms with van der Waals surface area (Å²) in [6, 6.07) is 0. The fourth-order valence-corrected chi connectivity index (χ4v) is 6.28. The lowest BCUT2D eigenvalue weighted by Gasteiger charge is -2.36. The van der Waals surface area contributed by atoms with Gasteiger partial charge in [-0.3, -0.25) is 14.1 Å². The number of rotatable bonds is 24. The van der Waals surface area contributed by atoms with E-state index < -0.39 is 32.7 Å². The van der Waals surface area contributed by atoms with Crippen molar-refractivity contribution in [3.8, 4) is 0 Å². The molecule has 0 spiro atoms. The van der Waals surface area contributed by atoms with Crippen LogP contribution in [-0.4, -0.2) is 40.4 Å². The largest absolute Gasteiger partial charge is 0.481 e. The van der Waals surface area contributed by atoms with E-state index in [1.807, 2.05) is 0 Å². The molecule has 0 saturated heterocycles. The number of carbonyl (C=O) groups is 2. The van der Waals surface area contributed by atoms with E-state index in [0.717, 1.165) is 64.2 Å². The van der Waals surface area contributed by atoms with Crippen molar-refractivity contribution in [1.82, 2.24) is 0 Å². The fraction of sp³-hybridized carbons (Fsp3) is 0.923. The molecule has 0 heterocycles. The van der Waals surface area contributed by atoms with Gasteiger partial charge in [0.15, 0.2) is 0 Å². The normalized spacial score (nSPS) is 13.1. The Morgan fingerprint density at radius 2 is 1.09 bits per heavy atom. The van der Waals surface area contributed by atoms with Crippen molar-refractivity contribution in [2.24, 2.45) is 5.41 Å². The molecule has 0 aromatic heterocycles. The average Bonchev–Trinajstić information content (AvgIpc) is 2.75. The zero-order valence-electron chi connectivity index (χ0n) is 21.6. The minimum atomic E-state index is -4.55. The topological polar surface area (TPSA) is 129 Å². The Balaban J connectivity index is 5.36. The van der Waals surface area contributed by atoms with Crippen molar-refractivity contribution >= 4 is 22.1 Å². The molecule has 0 aliphatic heterocycles. The van der Waals surface area contributed by atoms with Gasteiger partial charge in [0.05, 0.1) is 5.41 Å². The molecule has 0 aromatic rings. The molecule has 0 amide bonds. The standard InChI is InChI=1S/C26H50O7S/c1-3-5-7-9-13-17-21-26(25(29)30,22-18-14-10-8-6-4-2)23(34(31,32)33)19-15-11-12-16-20-24(27)28/h23H,3-22H2,1-2H3,(H,27,28)(H,29,30)(H,31,32,33). The number of carboxylic acids is 2. The zero-order chi connectivity index (χ0) is 25.9. The molecule has 1 atom stereocenters. The van der Waals surface area contributed by atoms with Crippen LogP contribution in [0.2, 0.25) is 0 Å². The average molecular weight is 507 g/mol. The Morgan fingerprint density at radius 1 is 0.676 bits per heavy atom. The lowest BCUT2D eigenvalue weighted by atomic mass is 9.73. The third-order valence-corrected chi connectivity index (χ3v) is 8.37. The van der Waals surface area contributed by atoms with Gasteiger partial charge in [-0.1, -0.05) is 110 Å². The highest BCUT2D eigenvalue weighted by atomic mass is 32.2. The van der Waals surface area contributed by atoms with Gasteiger partial charge < -0.3 is 10.2 Å². The smallest absolute Gasteiger partial charge is 0.311 e. The first-order valence-electron chi connectivity index (χ1n) is 13.5. The summed E-state index contributed by atoms with van der Waals surface area (Å²) in [5.41, 5.74) is -1.48. The van der Waals surface area contributed by atoms with Crippen LogP contribution in [0.5, 0.6) is 0 Å². The summed E-state index contributed by atoms with van der Waals surface area (Å²) in [5, 5.41) is 17.7. The summed E-state index contributed by atoms with van der Waals surface area (Å²) in [7, 11) is -4.55. The number of hydrogen-bond donors (Lipinski definition) is 3. The molecule has 0 aromatic carbocycles. The van der Waals surface area contributed by atoms with Gasteiger partial charge in [0.25, 0.3) is 10.1 Å². The molecule has 7 nitrogen and oxygen atoms in total. The van der Waals surface area contributed by atoms with Gasteiger partial charge in [-0.05, 0) is 25.7 Å². The van der Waals surface area contributed by atoms with Gasteiger partial charge in [0.2, 0.25) is 0 Å². The second kappa shape index (κ2) is 19.1. The first kappa shape index (κ1) is 32.8. The maximum Gasteiger partial charge on any atom is 0.311 e. The van der Waals surface area contributed by atoms with Crippen molar-refractivity contribution in [1.29, 1.82) is 0 Å². The molecule has 8 heteroatoms. The van der Waals surface area contributed by atoms with Crippen molar-refractivity contribution in [2.45, 2.75) is 148 Å². The summed E-state index contributed by atoms with van der Waals surface area (Å²) in [4.78, 5) is 23.3. The van der Waals surface area contributed by atoms with Crippen LogP contribution in [0.3, 0.4) is 0 Å². The van der Waals surface area contributed by atoms with E-state index in [2.05, 4.69) is 13.8 Å². The van der Waals surface area contributed by atoms with Crippen LogP contribution < -0.4 is 0 Å². The fourth-order valence-electron chi connectivity index (χ4n) is 4.91. The van der Waals surface area contributed by atoms with Gasteiger partial charge in [-0.25, -0.2) is 0 Å². The van der Waals surface area contributed by atoms with Crippen LogP contribution in [0.15, 0.2) is 0 Å². The second-order valence-electron chi connectivity index (χ2n) is 9.85. The van der Waals surface area contributed by atoms with Crippen LogP contribution in [-0.2, 0) is 19.7 Å². The summed E-state index contributed by atoms with van der Waals surface area (Å²) in [6.45, 7) is 4.27. The summed E-state index contributed by atoms with van der Waals surface area (Å²) in [5.74, 6) is -1.98. The van der Waals surface area contributed by atoms with Crippen LogP contribution in [0.25, 0.3) is 0 Å². The molecule has 1 unspecified atom stereocenters. The predicted molar refractivity (Wildman–Crippen MR) is 137 cm³/mol. The number of carboxylic acid groups (broad SMARTS) is 2. The molecule has 3 N–H and O–H groups in total. The lowest BCUT2D eigenvalue weighted by molar-refractivity contribution is -0.150. The highest BCUT2D eigenvalue weighted by Crippen LogP contribution is 2.41. The molecule has 0 radical (unpaired) electrons. The SMILES string of the molecule is CCCCCCCCC(CCCCCCCC)(C(=O)O)C(CCCCCCC(=O)O)S(=O)(=O)O. The number of unbranched alkanes of at least 4 members (excludes halogenated alkanes) is 13. The summed E-state index contributed by atoms with van der Waals surface area (Å²) >= 11 is 0. The third kappa shape index (κ3) is 14.3. The summed E-state index contributed by atoms with van der Waals surface area (Å²) < 4.78 is 35.0. The molecule has 0 aliphatic carbocycles. The Morgan fingerprint density at radius 3 is 1.50 bits per heavy atom. The molecule has 34 heavy (non-hydrogen) atoms. The van der Waals surface area contributed by atoms with Gasteiger partial charge in [-0.2, -0.15) is 8.42 Å². The Hall–Kier alpha value is -1.15. The highest BCUT2D eigenvalue weighted by Gasteiger charge is 2.50. The van der Waals surface area contributed by atoms with E-state index >= 15 is 0 Å². The maximum absolute atomic E-state index is 12.6. The molecule has 202 valence electrons. The van der Waals surface area contributed by atoms with Crippen molar-refractivity contribution in [3.05, 3.63) is 0 Å². The van der Waals surface area contributed by atoms with Crippen LogP contribution in [0.4, 0.5) is 0 Å². The monoisotopic (exact) mass is 506 g/mol.